The average molecular weight is 778 g/mol. The summed E-state index contributed by atoms with van der Waals surface area (Å²) in [6.45, 7) is 0. The number of aromatic nitrogens is 2. The van der Waals surface area contributed by atoms with E-state index in [1.165, 1.54) is 76.6 Å². The first-order valence-electron chi connectivity index (χ1n) is 20.9. The zero-order valence-electron chi connectivity index (χ0n) is 33.4. The van der Waals surface area contributed by atoms with E-state index in [1.54, 1.807) is 0 Å². The van der Waals surface area contributed by atoms with Gasteiger partial charge in [-0.1, -0.05) is 152 Å². The van der Waals surface area contributed by atoms with E-state index in [0.717, 1.165) is 28.4 Å². The molecule has 0 saturated heterocycles. The SMILES string of the molecule is c1ccc(-c2cccc(N(c3ccc(-c4ccc(-n5c6ccccc6c6cc7ccccc7cc65)cc4)cc3)c3cccc4c3c3ccccc3n4-c3ccccc3)c2)cc1. The van der Waals surface area contributed by atoms with E-state index in [-0.39, 0.29) is 0 Å². The van der Waals surface area contributed by atoms with Crippen molar-refractivity contribution in [3.05, 3.63) is 237 Å². The molecule has 2 heterocycles. The Bertz CT molecular complexity index is 3560. The summed E-state index contributed by atoms with van der Waals surface area (Å²) in [5, 5.41) is 7.47. The molecule has 3 nitrogen and oxygen atoms in total. The van der Waals surface area contributed by atoms with E-state index < -0.39 is 0 Å². The lowest BCUT2D eigenvalue weighted by Crippen LogP contribution is -2.10. The van der Waals surface area contributed by atoms with Crippen molar-refractivity contribution in [3.8, 4) is 33.6 Å². The zero-order valence-corrected chi connectivity index (χ0v) is 33.4. The first-order valence-corrected chi connectivity index (χ1v) is 20.9. The van der Waals surface area contributed by atoms with Gasteiger partial charge in [0.25, 0.3) is 0 Å². The fourth-order valence-electron chi connectivity index (χ4n) is 9.46. The van der Waals surface area contributed by atoms with E-state index in [4.69, 9.17) is 0 Å². The fraction of sp³-hybridized carbons (Fsp3) is 0. The first kappa shape index (κ1) is 34.9. The molecule has 0 amide bonds. The summed E-state index contributed by atoms with van der Waals surface area (Å²) in [5.74, 6) is 0. The van der Waals surface area contributed by atoms with Crippen LogP contribution in [0, 0.1) is 0 Å². The molecule has 0 aliphatic carbocycles. The third kappa shape index (κ3) is 5.82. The molecular weight excluding hydrogens is 739 g/mol. The molecular formula is C58H39N3. The van der Waals surface area contributed by atoms with Crippen LogP contribution in [0.5, 0.6) is 0 Å². The van der Waals surface area contributed by atoms with Crippen LogP contribution in [0.3, 0.4) is 0 Å². The second-order valence-electron chi connectivity index (χ2n) is 15.8. The van der Waals surface area contributed by atoms with E-state index in [2.05, 4.69) is 251 Å². The second kappa shape index (κ2) is 14.3. The maximum absolute atomic E-state index is 2.43. The van der Waals surface area contributed by atoms with Crippen molar-refractivity contribution in [2.24, 2.45) is 0 Å². The van der Waals surface area contributed by atoms with Crippen LogP contribution in [0.25, 0.3) is 88.0 Å². The highest BCUT2D eigenvalue weighted by Gasteiger charge is 2.22. The molecule has 0 radical (unpaired) electrons. The second-order valence-corrected chi connectivity index (χ2v) is 15.8. The molecule has 0 saturated carbocycles. The third-order valence-corrected chi connectivity index (χ3v) is 12.3. The molecule has 0 atom stereocenters. The number of hydrogen-bond acceptors (Lipinski definition) is 1. The Morgan fingerprint density at radius 1 is 0.279 bits per heavy atom. The van der Waals surface area contributed by atoms with Crippen LogP contribution < -0.4 is 4.90 Å². The lowest BCUT2D eigenvalue weighted by Gasteiger charge is -2.27. The Balaban J connectivity index is 0.982. The number of para-hydroxylation sites is 3. The molecule has 0 bridgehead atoms. The van der Waals surface area contributed by atoms with E-state index in [9.17, 15) is 0 Å². The maximum Gasteiger partial charge on any atom is 0.0562 e. The molecule has 0 fully saturated rings. The molecule has 0 aliphatic rings. The summed E-state index contributed by atoms with van der Waals surface area (Å²) in [6, 6.07) is 85.9. The zero-order chi connectivity index (χ0) is 40.3. The van der Waals surface area contributed by atoms with Crippen molar-refractivity contribution in [1.82, 2.24) is 9.13 Å². The van der Waals surface area contributed by atoms with E-state index in [0.29, 0.717) is 0 Å². The van der Waals surface area contributed by atoms with Gasteiger partial charge in [-0.25, -0.2) is 0 Å². The standard InChI is InChI=1S/C58H39N3/c1-3-15-40(16-4-1)43-19-13-22-49(37-43)59(55-27-14-28-56-58(55)51-24-10-12-26-54(51)60(56)46-20-5-2-6-21-46)47-33-29-41(30-34-47)42-31-35-48(36-32-42)61-53-25-11-9-23-50(53)52-38-44-17-7-8-18-45(44)39-57(52)61/h1-39H. The molecule has 12 aromatic rings. The molecule has 0 N–H and O–H groups in total. The van der Waals surface area contributed by atoms with Gasteiger partial charge in [0.05, 0.1) is 27.8 Å². The Labute approximate surface area is 354 Å². The summed E-state index contributed by atoms with van der Waals surface area (Å²) in [6.07, 6.45) is 0. The molecule has 61 heavy (non-hydrogen) atoms. The van der Waals surface area contributed by atoms with Crippen LogP contribution in [0.2, 0.25) is 0 Å². The molecule has 12 rings (SSSR count). The highest BCUT2D eigenvalue weighted by Crippen LogP contribution is 2.45. The van der Waals surface area contributed by atoms with Gasteiger partial charge < -0.3 is 14.0 Å². The quantitative estimate of drug-likeness (QED) is 0.157. The van der Waals surface area contributed by atoms with Gasteiger partial charge in [-0.3, -0.25) is 0 Å². The number of anilines is 3. The number of fused-ring (bicyclic) bond motifs is 7. The van der Waals surface area contributed by atoms with Crippen molar-refractivity contribution in [2.75, 3.05) is 4.90 Å². The van der Waals surface area contributed by atoms with Crippen molar-refractivity contribution in [1.29, 1.82) is 0 Å². The summed E-state index contributed by atoms with van der Waals surface area (Å²) in [7, 11) is 0. The smallest absolute Gasteiger partial charge is 0.0562 e. The summed E-state index contributed by atoms with van der Waals surface area (Å²) in [5.41, 5.74) is 15.1. The van der Waals surface area contributed by atoms with Crippen molar-refractivity contribution in [2.45, 2.75) is 0 Å². The van der Waals surface area contributed by atoms with Crippen LogP contribution in [0.1, 0.15) is 0 Å². The van der Waals surface area contributed by atoms with Crippen LogP contribution in [0.4, 0.5) is 17.1 Å². The highest BCUT2D eigenvalue weighted by molar-refractivity contribution is 6.17. The fourth-order valence-corrected chi connectivity index (χ4v) is 9.46. The van der Waals surface area contributed by atoms with Crippen LogP contribution >= 0.6 is 0 Å². The van der Waals surface area contributed by atoms with Gasteiger partial charge >= 0.3 is 0 Å². The molecule has 286 valence electrons. The van der Waals surface area contributed by atoms with Crippen molar-refractivity contribution < 1.29 is 0 Å². The minimum absolute atomic E-state index is 1.09. The van der Waals surface area contributed by atoms with E-state index >= 15 is 0 Å². The number of nitrogens with zero attached hydrogens (tertiary/aromatic N) is 3. The molecule has 2 aromatic heterocycles. The van der Waals surface area contributed by atoms with Gasteiger partial charge in [-0.15, -0.1) is 0 Å². The lowest BCUT2D eigenvalue weighted by molar-refractivity contribution is 1.18. The van der Waals surface area contributed by atoms with Gasteiger partial charge in [-0.05, 0) is 118 Å². The van der Waals surface area contributed by atoms with Gasteiger partial charge in [0.2, 0.25) is 0 Å². The molecule has 0 aliphatic heterocycles. The van der Waals surface area contributed by atoms with E-state index in [1.807, 2.05) is 0 Å². The molecule has 0 spiro atoms. The molecule has 3 heteroatoms. The van der Waals surface area contributed by atoms with Crippen LogP contribution in [-0.4, -0.2) is 9.13 Å². The minimum atomic E-state index is 1.09. The third-order valence-electron chi connectivity index (χ3n) is 12.3. The number of hydrogen-bond donors (Lipinski definition) is 0. The Morgan fingerprint density at radius 2 is 0.803 bits per heavy atom. The largest absolute Gasteiger partial charge is 0.310 e. The minimum Gasteiger partial charge on any atom is -0.310 e. The monoisotopic (exact) mass is 777 g/mol. The number of rotatable bonds is 7. The predicted molar refractivity (Wildman–Crippen MR) is 258 cm³/mol. The van der Waals surface area contributed by atoms with Gasteiger partial charge in [0.1, 0.15) is 0 Å². The average Bonchev–Trinajstić information content (AvgIpc) is 3.85. The summed E-state index contributed by atoms with van der Waals surface area (Å²) < 4.78 is 4.79. The molecule has 0 unspecified atom stereocenters. The van der Waals surface area contributed by atoms with Gasteiger partial charge in [-0.2, -0.15) is 0 Å². The number of benzene rings is 10. The Hall–Kier alpha value is -8.14. The topological polar surface area (TPSA) is 13.1 Å². The Morgan fingerprint density at radius 3 is 1.56 bits per heavy atom. The normalized spacial score (nSPS) is 11.6. The maximum atomic E-state index is 2.43. The summed E-state index contributed by atoms with van der Waals surface area (Å²) in [4.78, 5) is 2.43. The van der Waals surface area contributed by atoms with Crippen molar-refractivity contribution in [3.63, 3.8) is 0 Å². The van der Waals surface area contributed by atoms with Crippen LogP contribution in [-0.2, 0) is 0 Å². The van der Waals surface area contributed by atoms with Gasteiger partial charge in [0.15, 0.2) is 0 Å². The van der Waals surface area contributed by atoms with Crippen molar-refractivity contribution >= 4 is 71.4 Å². The lowest BCUT2D eigenvalue weighted by atomic mass is 10.0. The highest BCUT2D eigenvalue weighted by atomic mass is 15.1. The Kier molecular flexibility index (Phi) is 8.17. The molecule has 10 aromatic carbocycles. The predicted octanol–water partition coefficient (Wildman–Crippen LogP) is 15.8. The summed E-state index contributed by atoms with van der Waals surface area (Å²) >= 11 is 0. The van der Waals surface area contributed by atoms with Crippen LogP contribution in [0.15, 0.2) is 237 Å². The van der Waals surface area contributed by atoms with Gasteiger partial charge in [0, 0.05) is 44.3 Å². The first-order chi connectivity index (χ1) is 30.3.